The molecule has 0 atom stereocenters. The fourth-order valence-corrected chi connectivity index (χ4v) is 2.79. The minimum absolute atomic E-state index is 0.0338. The smallest absolute Gasteiger partial charge is 0.251 e. The summed E-state index contributed by atoms with van der Waals surface area (Å²) in [5.74, 6) is -1.13. The van der Waals surface area contributed by atoms with Gasteiger partial charge in [-0.1, -0.05) is 18.7 Å². The van der Waals surface area contributed by atoms with Crippen molar-refractivity contribution in [2.24, 2.45) is 5.73 Å². The SMILES string of the molecule is C=C(O)Cc1ccc(-c2cc(C(N)=O)c(N)s2)c(F)c1. The molecule has 6 heteroatoms. The van der Waals surface area contributed by atoms with Crippen LogP contribution in [0, 0.1) is 5.82 Å². The second-order valence-electron chi connectivity index (χ2n) is 4.31. The first kappa shape index (κ1) is 14.1. The Labute approximate surface area is 119 Å². The van der Waals surface area contributed by atoms with Gasteiger partial charge in [0.2, 0.25) is 0 Å². The minimum Gasteiger partial charge on any atom is -0.513 e. The Bertz CT molecular complexity index is 694. The number of hydrogen-bond acceptors (Lipinski definition) is 4. The molecule has 0 saturated carbocycles. The van der Waals surface area contributed by atoms with Gasteiger partial charge in [0, 0.05) is 16.9 Å². The monoisotopic (exact) mass is 292 g/mol. The zero-order valence-corrected chi connectivity index (χ0v) is 11.3. The molecule has 1 amide bonds. The molecular formula is C14H13FN2O2S. The molecule has 0 saturated heterocycles. The molecule has 5 N–H and O–H groups in total. The zero-order chi connectivity index (χ0) is 14.9. The normalized spacial score (nSPS) is 10.4. The number of amides is 1. The van der Waals surface area contributed by atoms with E-state index in [1.54, 1.807) is 12.1 Å². The Balaban J connectivity index is 2.40. The van der Waals surface area contributed by atoms with E-state index in [0.717, 1.165) is 11.3 Å². The van der Waals surface area contributed by atoms with Gasteiger partial charge in [0.25, 0.3) is 5.91 Å². The quantitative estimate of drug-likeness (QED) is 0.757. The molecule has 0 spiro atoms. The van der Waals surface area contributed by atoms with Crippen LogP contribution in [0.2, 0.25) is 0 Å². The number of aliphatic hydroxyl groups excluding tert-OH is 1. The molecule has 2 aromatic rings. The summed E-state index contributed by atoms with van der Waals surface area (Å²) in [5, 5.41) is 9.36. The second kappa shape index (κ2) is 5.34. The number of hydrogen-bond donors (Lipinski definition) is 3. The van der Waals surface area contributed by atoms with E-state index < -0.39 is 11.7 Å². The number of thiophene rings is 1. The Morgan fingerprint density at radius 1 is 1.40 bits per heavy atom. The predicted octanol–water partition coefficient (Wildman–Crippen LogP) is 2.85. The van der Waals surface area contributed by atoms with Gasteiger partial charge in [0.1, 0.15) is 5.82 Å². The van der Waals surface area contributed by atoms with Gasteiger partial charge in [-0.3, -0.25) is 4.79 Å². The van der Waals surface area contributed by atoms with Gasteiger partial charge in [-0.25, -0.2) is 4.39 Å². The molecule has 0 aliphatic carbocycles. The third-order valence-electron chi connectivity index (χ3n) is 2.73. The highest BCUT2D eigenvalue weighted by molar-refractivity contribution is 7.19. The van der Waals surface area contributed by atoms with E-state index in [0.29, 0.717) is 16.0 Å². The summed E-state index contributed by atoms with van der Waals surface area (Å²) in [4.78, 5) is 11.7. The number of nitrogen functional groups attached to an aromatic ring is 1. The summed E-state index contributed by atoms with van der Waals surface area (Å²) in [6.07, 6.45) is 0.191. The van der Waals surface area contributed by atoms with Gasteiger partial charge in [-0.2, -0.15) is 0 Å². The van der Waals surface area contributed by atoms with E-state index in [4.69, 9.17) is 16.6 Å². The van der Waals surface area contributed by atoms with Gasteiger partial charge in [-0.15, -0.1) is 11.3 Å². The number of rotatable bonds is 4. The fraction of sp³-hybridized carbons (Fsp3) is 0.0714. The molecule has 1 heterocycles. The van der Waals surface area contributed by atoms with Crippen molar-refractivity contribution in [2.75, 3.05) is 5.73 Å². The number of halogens is 1. The highest BCUT2D eigenvalue weighted by Crippen LogP contribution is 2.35. The number of aliphatic hydroxyl groups is 1. The molecule has 0 bridgehead atoms. The van der Waals surface area contributed by atoms with E-state index >= 15 is 0 Å². The number of primary amides is 1. The molecule has 0 radical (unpaired) electrons. The largest absolute Gasteiger partial charge is 0.513 e. The summed E-state index contributed by atoms with van der Waals surface area (Å²) in [7, 11) is 0. The zero-order valence-electron chi connectivity index (χ0n) is 10.5. The Kier molecular flexibility index (Phi) is 3.76. The lowest BCUT2D eigenvalue weighted by molar-refractivity contribution is 0.100. The number of benzene rings is 1. The van der Waals surface area contributed by atoms with Crippen LogP contribution in [0.4, 0.5) is 9.39 Å². The number of allylic oxidation sites excluding steroid dienone is 1. The summed E-state index contributed by atoms with van der Waals surface area (Å²) < 4.78 is 14.1. The van der Waals surface area contributed by atoms with Crippen LogP contribution < -0.4 is 11.5 Å². The summed E-state index contributed by atoms with van der Waals surface area (Å²) in [6, 6.07) is 6.05. The summed E-state index contributed by atoms with van der Waals surface area (Å²) in [6.45, 7) is 3.36. The highest BCUT2D eigenvalue weighted by atomic mass is 32.1. The van der Waals surface area contributed by atoms with E-state index in [1.807, 2.05) is 0 Å². The van der Waals surface area contributed by atoms with Crippen LogP contribution in [-0.2, 0) is 6.42 Å². The number of anilines is 1. The van der Waals surface area contributed by atoms with Gasteiger partial charge >= 0.3 is 0 Å². The first-order chi connectivity index (χ1) is 9.38. The Hall–Kier alpha value is -2.34. The highest BCUT2D eigenvalue weighted by Gasteiger charge is 2.15. The van der Waals surface area contributed by atoms with Crippen molar-refractivity contribution in [3.63, 3.8) is 0 Å². The molecule has 0 fully saturated rings. The van der Waals surface area contributed by atoms with E-state index in [1.165, 1.54) is 12.1 Å². The summed E-state index contributed by atoms with van der Waals surface area (Å²) in [5.41, 5.74) is 12.0. The lowest BCUT2D eigenvalue weighted by Gasteiger charge is -2.04. The second-order valence-corrected chi connectivity index (χ2v) is 5.39. The average molecular weight is 292 g/mol. The number of nitrogens with two attached hydrogens (primary N) is 2. The topological polar surface area (TPSA) is 89.3 Å². The van der Waals surface area contributed by atoms with Crippen LogP contribution in [0.15, 0.2) is 36.6 Å². The van der Waals surface area contributed by atoms with Crippen LogP contribution in [0.25, 0.3) is 10.4 Å². The Morgan fingerprint density at radius 3 is 2.60 bits per heavy atom. The maximum atomic E-state index is 14.1. The van der Waals surface area contributed by atoms with Crippen molar-refractivity contribution >= 4 is 22.2 Å². The molecule has 0 aliphatic rings. The van der Waals surface area contributed by atoms with E-state index in [-0.39, 0.29) is 22.7 Å². The van der Waals surface area contributed by atoms with Crippen molar-refractivity contribution in [1.29, 1.82) is 0 Å². The van der Waals surface area contributed by atoms with Crippen LogP contribution >= 0.6 is 11.3 Å². The third-order valence-corrected chi connectivity index (χ3v) is 3.73. The molecule has 0 unspecified atom stereocenters. The maximum absolute atomic E-state index is 14.1. The van der Waals surface area contributed by atoms with E-state index in [2.05, 4.69) is 6.58 Å². The van der Waals surface area contributed by atoms with Crippen molar-refractivity contribution in [3.05, 3.63) is 53.5 Å². The van der Waals surface area contributed by atoms with Gasteiger partial charge < -0.3 is 16.6 Å². The van der Waals surface area contributed by atoms with E-state index in [9.17, 15) is 9.18 Å². The molecule has 1 aromatic carbocycles. The molecule has 2 rings (SSSR count). The van der Waals surface area contributed by atoms with Gasteiger partial charge in [0.05, 0.1) is 16.3 Å². The lowest BCUT2D eigenvalue weighted by atomic mass is 10.1. The molecular weight excluding hydrogens is 279 g/mol. The molecule has 0 aliphatic heterocycles. The number of carbonyl (C=O) groups excluding carboxylic acids is 1. The van der Waals surface area contributed by atoms with Crippen LogP contribution in [-0.4, -0.2) is 11.0 Å². The average Bonchev–Trinajstić information content (AvgIpc) is 2.70. The first-order valence-corrected chi connectivity index (χ1v) is 6.54. The molecule has 1 aromatic heterocycles. The maximum Gasteiger partial charge on any atom is 0.251 e. The lowest BCUT2D eigenvalue weighted by Crippen LogP contribution is -2.11. The Morgan fingerprint density at radius 2 is 2.10 bits per heavy atom. The standard InChI is InChI=1S/C14H13FN2O2S/c1-7(18)4-8-2-3-9(11(15)5-8)12-6-10(13(16)19)14(17)20-12/h2-3,5-6,18H,1,4,17H2,(H2,16,19). The summed E-state index contributed by atoms with van der Waals surface area (Å²) >= 11 is 1.10. The first-order valence-electron chi connectivity index (χ1n) is 5.73. The minimum atomic E-state index is -0.640. The fourth-order valence-electron chi connectivity index (χ4n) is 1.83. The van der Waals surface area contributed by atoms with Crippen molar-refractivity contribution in [3.8, 4) is 10.4 Å². The van der Waals surface area contributed by atoms with Crippen molar-refractivity contribution in [2.45, 2.75) is 6.42 Å². The van der Waals surface area contributed by atoms with Crippen LogP contribution in [0.1, 0.15) is 15.9 Å². The molecule has 104 valence electrons. The predicted molar refractivity (Wildman–Crippen MR) is 78.1 cm³/mol. The molecule has 20 heavy (non-hydrogen) atoms. The van der Waals surface area contributed by atoms with Crippen LogP contribution in [0.5, 0.6) is 0 Å². The van der Waals surface area contributed by atoms with Crippen LogP contribution in [0.3, 0.4) is 0 Å². The molecule has 4 nitrogen and oxygen atoms in total. The van der Waals surface area contributed by atoms with Crippen molar-refractivity contribution < 1.29 is 14.3 Å². The van der Waals surface area contributed by atoms with Gasteiger partial charge in [-0.05, 0) is 17.7 Å². The third kappa shape index (κ3) is 2.80. The van der Waals surface area contributed by atoms with Gasteiger partial charge in [0.15, 0.2) is 0 Å². The van der Waals surface area contributed by atoms with Crippen molar-refractivity contribution in [1.82, 2.24) is 0 Å². The number of carbonyl (C=O) groups is 1.